The molecule has 12 heavy (non-hydrogen) atoms. The second-order valence-corrected chi connectivity index (χ2v) is 3.51. The van der Waals surface area contributed by atoms with Crippen molar-refractivity contribution in [1.29, 1.82) is 0 Å². The lowest BCUT2D eigenvalue weighted by atomic mass is 10.3. The van der Waals surface area contributed by atoms with Gasteiger partial charge in [0.2, 0.25) is 5.91 Å². The molecule has 1 aromatic carbocycles. The normalized spacial score (nSPS) is 9.58. The van der Waals surface area contributed by atoms with Gasteiger partial charge >= 0.3 is 0 Å². The van der Waals surface area contributed by atoms with Gasteiger partial charge in [0.15, 0.2) is 0 Å². The van der Waals surface area contributed by atoms with Crippen molar-refractivity contribution >= 4 is 39.1 Å². The minimum absolute atomic E-state index is 0.130. The maximum absolute atomic E-state index is 10.7. The van der Waals surface area contributed by atoms with E-state index in [2.05, 4.69) is 21.2 Å². The number of nitrogens with one attached hydrogen (secondary N) is 1. The molecule has 0 fully saturated rings. The molecule has 0 unspecified atom stereocenters. The Morgan fingerprint density at radius 2 is 2.25 bits per heavy atom. The predicted octanol–water partition coefficient (Wildman–Crippen LogP) is 3.06. The fourth-order valence-electron chi connectivity index (χ4n) is 0.790. The smallest absolute Gasteiger partial charge is 0.221 e. The van der Waals surface area contributed by atoms with E-state index in [1.807, 2.05) is 6.07 Å². The van der Waals surface area contributed by atoms with Crippen LogP contribution in [-0.2, 0) is 4.79 Å². The number of rotatable bonds is 1. The molecule has 0 radical (unpaired) electrons. The Labute approximate surface area is 84.0 Å². The molecule has 1 amide bonds. The molecule has 0 aliphatic rings. The van der Waals surface area contributed by atoms with Crippen LogP contribution in [0.25, 0.3) is 0 Å². The van der Waals surface area contributed by atoms with Gasteiger partial charge in [-0.3, -0.25) is 4.79 Å². The number of hydrogen-bond acceptors (Lipinski definition) is 1. The highest BCUT2D eigenvalue weighted by Gasteiger charge is 2.03. The van der Waals surface area contributed by atoms with Crippen LogP contribution in [0.3, 0.4) is 0 Å². The zero-order valence-electron chi connectivity index (χ0n) is 6.40. The third kappa shape index (κ3) is 2.22. The number of hydrogen-bond donors (Lipinski definition) is 1. The lowest BCUT2D eigenvalue weighted by Gasteiger charge is -2.04. The molecule has 0 saturated heterocycles. The first-order valence-electron chi connectivity index (χ1n) is 3.33. The second kappa shape index (κ2) is 3.92. The fourth-order valence-corrected chi connectivity index (χ4v) is 1.33. The highest BCUT2D eigenvalue weighted by atomic mass is 79.9. The van der Waals surface area contributed by atoms with Gasteiger partial charge in [-0.1, -0.05) is 17.7 Å². The highest BCUT2D eigenvalue weighted by molar-refractivity contribution is 9.10. The molecule has 0 heterocycles. The van der Waals surface area contributed by atoms with Crippen molar-refractivity contribution in [2.45, 2.75) is 6.92 Å². The minimum Gasteiger partial charge on any atom is -0.325 e. The average Bonchev–Trinajstić information content (AvgIpc) is 1.98. The quantitative estimate of drug-likeness (QED) is 0.813. The molecule has 4 heteroatoms. The molecule has 1 aromatic rings. The van der Waals surface area contributed by atoms with E-state index in [-0.39, 0.29) is 5.91 Å². The van der Waals surface area contributed by atoms with Crippen molar-refractivity contribution in [3.8, 4) is 0 Å². The highest BCUT2D eigenvalue weighted by Crippen LogP contribution is 2.29. The summed E-state index contributed by atoms with van der Waals surface area (Å²) in [6.07, 6.45) is 0. The van der Waals surface area contributed by atoms with Crippen molar-refractivity contribution in [2.24, 2.45) is 0 Å². The summed E-state index contributed by atoms with van der Waals surface area (Å²) < 4.78 is 0.774. The van der Waals surface area contributed by atoms with Crippen LogP contribution in [0.2, 0.25) is 5.02 Å². The molecule has 0 atom stereocenters. The van der Waals surface area contributed by atoms with E-state index >= 15 is 0 Å². The van der Waals surface area contributed by atoms with Crippen LogP contribution in [-0.4, -0.2) is 5.91 Å². The first-order valence-corrected chi connectivity index (χ1v) is 4.50. The maximum Gasteiger partial charge on any atom is 0.221 e. The molecule has 1 rings (SSSR count). The molecule has 2 nitrogen and oxygen atoms in total. The molecule has 0 aromatic heterocycles. The van der Waals surface area contributed by atoms with Crippen molar-refractivity contribution in [3.63, 3.8) is 0 Å². The summed E-state index contributed by atoms with van der Waals surface area (Å²) in [5.74, 6) is -0.130. The zero-order valence-corrected chi connectivity index (χ0v) is 8.74. The number of carbonyl (C=O) groups is 1. The van der Waals surface area contributed by atoms with E-state index in [0.717, 1.165) is 4.47 Å². The van der Waals surface area contributed by atoms with Gasteiger partial charge < -0.3 is 5.32 Å². The number of carbonyl (C=O) groups excluding carboxylic acids is 1. The van der Waals surface area contributed by atoms with Gasteiger partial charge in [-0.25, -0.2) is 0 Å². The van der Waals surface area contributed by atoms with Crippen molar-refractivity contribution in [3.05, 3.63) is 27.7 Å². The van der Waals surface area contributed by atoms with Gasteiger partial charge in [-0.2, -0.15) is 0 Å². The van der Waals surface area contributed by atoms with Gasteiger partial charge in [0, 0.05) is 11.4 Å². The Morgan fingerprint density at radius 1 is 1.58 bits per heavy atom. The largest absolute Gasteiger partial charge is 0.325 e. The third-order valence-electron chi connectivity index (χ3n) is 1.26. The van der Waals surface area contributed by atoms with E-state index in [4.69, 9.17) is 11.6 Å². The van der Waals surface area contributed by atoms with Crippen molar-refractivity contribution in [1.82, 2.24) is 0 Å². The molecule has 0 spiro atoms. The fraction of sp³-hybridized carbons (Fsp3) is 0.125. The van der Waals surface area contributed by atoms with Crippen molar-refractivity contribution in [2.75, 3.05) is 5.32 Å². The Kier molecular flexibility index (Phi) is 3.12. The summed E-state index contributed by atoms with van der Waals surface area (Å²) >= 11 is 9.13. The number of anilines is 1. The van der Waals surface area contributed by atoms with Crippen LogP contribution in [0.5, 0.6) is 0 Å². The molecule has 0 bridgehead atoms. The van der Waals surface area contributed by atoms with Crippen LogP contribution < -0.4 is 5.32 Å². The first kappa shape index (κ1) is 9.55. The van der Waals surface area contributed by atoms with E-state index in [1.54, 1.807) is 12.1 Å². The lowest BCUT2D eigenvalue weighted by molar-refractivity contribution is -0.114. The van der Waals surface area contributed by atoms with Crippen LogP contribution in [0.4, 0.5) is 5.69 Å². The van der Waals surface area contributed by atoms with Gasteiger partial charge in [0.05, 0.1) is 10.7 Å². The van der Waals surface area contributed by atoms with Crippen LogP contribution >= 0.6 is 27.5 Å². The number of amides is 1. The van der Waals surface area contributed by atoms with Crippen LogP contribution in [0, 0.1) is 0 Å². The van der Waals surface area contributed by atoms with Gasteiger partial charge in [-0.05, 0) is 28.1 Å². The number of halogens is 2. The molecular formula is C8H7BrClNO. The summed E-state index contributed by atoms with van der Waals surface area (Å²) in [7, 11) is 0. The maximum atomic E-state index is 10.7. The van der Waals surface area contributed by atoms with Crippen LogP contribution in [0.15, 0.2) is 22.7 Å². The van der Waals surface area contributed by atoms with E-state index < -0.39 is 0 Å². The van der Waals surface area contributed by atoms with Crippen LogP contribution in [0.1, 0.15) is 6.92 Å². The molecule has 0 aliphatic carbocycles. The zero-order chi connectivity index (χ0) is 9.14. The second-order valence-electron chi connectivity index (χ2n) is 2.28. The first-order chi connectivity index (χ1) is 5.61. The van der Waals surface area contributed by atoms with E-state index in [9.17, 15) is 4.79 Å². The monoisotopic (exact) mass is 247 g/mol. The SMILES string of the molecule is CC(=O)Nc1cccc(Br)c1Cl. The predicted molar refractivity (Wildman–Crippen MR) is 53.5 cm³/mol. The Hall–Kier alpha value is -0.540. The summed E-state index contributed by atoms with van der Waals surface area (Å²) in [6, 6.07) is 5.36. The average molecular weight is 249 g/mol. The minimum atomic E-state index is -0.130. The Bertz CT molecular complexity index is 314. The lowest BCUT2D eigenvalue weighted by Crippen LogP contribution is -2.05. The number of benzene rings is 1. The molecule has 1 N–H and O–H groups in total. The van der Waals surface area contributed by atoms with E-state index in [1.165, 1.54) is 6.92 Å². The van der Waals surface area contributed by atoms with Gasteiger partial charge in [0.25, 0.3) is 0 Å². The van der Waals surface area contributed by atoms with Gasteiger partial charge in [-0.15, -0.1) is 0 Å². The van der Waals surface area contributed by atoms with E-state index in [0.29, 0.717) is 10.7 Å². The molecule has 0 saturated carbocycles. The summed E-state index contributed by atoms with van der Waals surface area (Å²) in [4.78, 5) is 10.7. The molecular weight excluding hydrogens is 241 g/mol. The summed E-state index contributed by atoms with van der Waals surface area (Å²) in [5.41, 5.74) is 0.624. The van der Waals surface area contributed by atoms with Crippen molar-refractivity contribution < 1.29 is 4.79 Å². The Balaban J connectivity index is 3.00. The topological polar surface area (TPSA) is 29.1 Å². The molecule has 64 valence electrons. The summed E-state index contributed by atoms with van der Waals surface area (Å²) in [5, 5.41) is 3.13. The summed E-state index contributed by atoms with van der Waals surface area (Å²) in [6.45, 7) is 1.44. The van der Waals surface area contributed by atoms with Gasteiger partial charge in [0.1, 0.15) is 0 Å². The third-order valence-corrected chi connectivity index (χ3v) is 2.56. The standard InChI is InChI=1S/C8H7BrClNO/c1-5(12)11-7-4-2-3-6(9)8(7)10/h2-4H,1H3,(H,11,12). The molecule has 0 aliphatic heterocycles. The Morgan fingerprint density at radius 3 is 2.83 bits per heavy atom.